The molecule has 328 valence electrons. The first kappa shape index (κ1) is 56.7. The van der Waals surface area contributed by atoms with Crippen LogP contribution in [0.3, 0.4) is 0 Å². The van der Waals surface area contributed by atoms with E-state index >= 15 is 0 Å². The fraction of sp³-hybridized carbons (Fsp3) is 0.188. The standard InChI is InChI=1S/C40H38.C9H10.C5H10.C4H8.3C2H2/c1-3-14-33(34-17-8-5-6-9-18-34)21-13-16-32-28-39(30-40(29-32)38-22-12-15-31(4-2)27-38)37-25-23-36(24-26-37)35-19-10-7-11-20-35;1-8(2)9-6-4-3-5-7-9;1-3-5-4-2;1-3-4-2;3*1-2/h3,7-8,10-30H,4-6,9H2,1-2H3;3-7H,1H2,2H3;3H,1,4-5H2,2H3;3-4H,1-2H3;3*1-2H/b14-3-,16-13+,33-21+;;;4-3-;;;. The van der Waals surface area contributed by atoms with Gasteiger partial charge in [-0.15, -0.1) is 45.1 Å². The van der Waals surface area contributed by atoms with E-state index in [9.17, 15) is 0 Å². The summed E-state index contributed by atoms with van der Waals surface area (Å²) < 4.78 is 0. The van der Waals surface area contributed by atoms with E-state index in [0.29, 0.717) is 0 Å². The second-order valence-corrected chi connectivity index (χ2v) is 14.2. The van der Waals surface area contributed by atoms with Crippen LogP contribution in [0.25, 0.3) is 45.0 Å². The average molecular weight is 841 g/mol. The Morgan fingerprint density at radius 3 is 1.66 bits per heavy atom. The van der Waals surface area contributed by atoms with E-state index in [2.05, 4.69) is 230 Å². The van der Waals surface area contributed by atoms with Crippen LogP contribution in [0, 0.1) is 38.5 Å². The topological polar surface area (TPSA) is 0 Å². The number of unbranched alkanes of at least 4 members (excludes halogenated alkanes) is 1. The van der Waals surface area contributed by atoms with Crippen LogP contribution in [-0.4, -0.2) is 0 Å². The Hall–Kier alpha value is -7.30. The second kappa shape index (κ2) is 37.5. The summed E-state index contributed by atoms with van der Waals surface area (Å²) in [5.41, 5.74) is 14.9. The average Bonchev–Trinajstić information content (AvgIpc) is 3.67. The van der Waals surface area contributed by atoms with Gasteiger partial charge in [0.25, 0.3) is 0 Å². The van der Waals surface area contributed by atoms with Crippen molar-refractivity contribution in [1.82, 2.24) is 0 Å². The van der Waals surface area contributed by atoms with E-state index in [4.69, 9.17) is 0 Å². The van der Waals surface area contributed by atoms with Crippen molar-refractivity contribution < 1.29 is 0 Å². The minimum Gasteiger partial charge on any atom is -0.124 e. The minimum absolute atomic E-state index is 1.03. The highest BCUT2D eigenvalue weighted by Crippen LogP contribution is 2.31. The molecule has 0 fully saturated rings. The number of hydrogen-bond acceptors (Lipinski definition) is 0. The molecule has 0 aliphatic heterocycles. The molecule has 1 aliphatic carbocycles. The van der Waals surface area contributed by atoms with E-state index < -0.39 is 0 Å². The first-order valence-corrected chi connectivity index (χ1v) is 22.0. The molecule has 6 rings (SSSR count). The van der Waals surface area contributed by atoms with Gasteiger partial charge in [-0.05, 0) is 139 Å². The molecule has 0 spiro atoms. The van der Waals surface area contributed by atoms with Gasteiger partial charge in [-0.3, -0.25) is 0 Å². The molecule has 0 atom stereocenters. The second-order valence-electron chi connectivity index (χ2n) is 14.2. The van der Waals surface area contributed by atoms with Crippen LogP contribution >= 0.6 is 0 Å². The fourth-order valence-corrected chi connectivity index (χ4v) is 6.14. The van der Waals surface area contributed by atoms with E-state index in [1.165, 1.54) is 74.1 Å². The monoisotopic (exact) mass is 841 g/mol. The molecule has 0 unspecified atom stereocenters. The van der Waals surface area contributed by atoms with Crippen LogP contribution in [0.2, 0.25) is 0 Å². The summed E-state index contributed by atoms with van der Waals surface area (Å²) in [4.78, 5) is 0. The molecule has 1 aliphatic rings. The lowest BCUT2D eigenvalue weighted by atomic mass is 9.94. The lowest BCUT2D eigenvalue weighted by Gasteiger charge is -2.11. The fourth-order valence-electron chi connectivity index (χ4n) is 6.14. The molecule has 0 aromatic heterocycles. The van der Waals surface area contributed by atoms with Crippen molar-refractivity contribution in [2.24, 2.45) is 0 Å². The number of rotatable bonds is 11. The Labute approximate surface area is 391 Å². The number of aryl methyl sites for hydroxylation is 1. The third-order valence-electron chi connectivity index (χ3n) is 9.52. The van der Waals surface area contributed by atoms with Gasteiger partial charge in [-0.25, -0.2) is 0 Å². The minimum atomic E-state index is 1.03. The molecule has 5 aromatic carbocycles. The zero-order valence-electron chi connectivity index (χ0n) is 39.6. The maximum absolute atomic E-state index is 4.00. The van der Waals surface area contributed by atoms with Gasteiger partial charge < -0.3 is 0 Å². The van der Waals surface area contributed by atoms with E-state index in [0.717, 1.165) is 31.3 Å². The summed E-state index contributed by atoms with van der Waals surface area (Å²) in [6, 6.07) is 45.5. The van der Waals surface area contributed by atoms with Gasteiger partial charge in [-0.2, -0.15) is 0 Å². The predicted octanol–water partition coefficient (Wildman–Crippen LogP) is 18.5. The van der Waals surface area contributed by atoms with E-state index in [1.807, 2.05) is 57.2 Å². The molecule has 0 radical (unpaired) electrons. The molecule has 0 N–H and O–H groups in total. The highest BCUT2D eigenvalue weighted by molar-refractivity contribution is 5.79. The molecule has 5 aromatic rings. The van der Waals surface area contributed by atoms with Gasteiger partial charge in [0, 0.05) is 0 Å². The molecule has 64 heavy (non-hydrogen) atoms. The summed E-state index contributed by atoms with van der Waals surface area (Å²) in [6.07, 6.45) is 54.8. The predicted molar refractivity (Wildman–Crippen MR) is 292 cm³/mol. The molecule has 0 heterocycles. The van der Waals surface area contributed by atoms with Crippen LogP contribution in [0.15, 0.2) is 212 Å². The largest absolute Gasteiger partial charge is 0.124 e. The van der Waals surface area contributed by atoms with Crippen LogP contribution in [-0.2, 0) is 6.42 Å². The number of terminal acetylenes is 3. The number of allylic oxidation sites excluding steroid dienone is 13. The molecule has 0 heteroatoms. The summed E-state index contributed by atoms with van der Waals surface area (Å²) in [5, 5.41) is 0. The van der Waals surface area contributed by atoms with Crippen molar-refractivity contribution in [3.05, 3.63) is 229 Å². The van der Waals surface area contributed by atoms with Gasteiger partial charge in [0.1, 0.15) is 0 Å². The Morgan fingerprint density at radius 2 is 1.16 bits per heavy atom. The van der Waals surface area contributed by atoms with Crippen LogP contribution in [0.1, 0.15) is 90.3 Å². The first-order chi connectivity index (χ1) is 31.4. The van der Waals surface area contributed by atoms with Crippen molar-refractivity contribution in [2.75, 3.05) is 0 Å². The summed E-state index contributed by atoms with van der Waals surface area (Å²) in [7, 11) is 0. The number of hydrogen-bond donors (Lipinski definition) is 0. The Morgan fingerprint density at radius 1 is 0.609 bits per heavy atom. The van der Waals surface area contributed by atoms with Crippen molar-refractivity contribution in [2.45, 2.75) is 80.1 Å². The van der Waals surface area contributed by atoms with Crippen molar-refractivity contribution >= 4 is 11.6 Å². The Kier molecular flexibility index (Phi) is 33.2. The zero-order chi connectivity index (χ0) is 47.8. The van der Waals surface area contributed by atoms with Gasteiger partial charge in [0.15, 0.2) is 0 Å². The molecule has 0 saturated heterocycles. The quantitative estimate of drug-likeness (QED) is 0.0706. The van der Waals surface area contributed by atoms with E-state index in [1.54, 1.807) is 0 Å². The van der Waals surface area contributed by atoms with Gasteiger partial charge >= 0.3 is 0 Å². The molecule has 0 bridgehead atoms. The highest BCUT2D eigenvalue weighted by atomic mass is 14.1. The third-order valence-corrected chi connectivity index (χ3v) is 9.52. The molecule has 0 saturated carbocycles. The van der Waals surface area contributed by atoms with Gasteiger partial charge in [0.05, 0.1) is 0 Å². The summed E-state index contributed by atoms with van der Waals surface area (Å²) in [6.45, 7) is 19.8. The van der Waals surface area contributed by atoms with Crippen LogP contribution in [0.5, 0.6) is 0 Å². The SMILES string of the molecule is C#C.C#C.C#C.C/C=C\C.C=C(C)c1ccccc1.C=CCCC.C\C=C/C(=C\C=C\c1cc(-c2ccc(-c3ccccc3)cc2)cc(-c2cccc(CC)c2)c1)C1=CCCCC=C1. The third kappa shape index (κ3) is 22.5. The smallest absolute Gasteiger partial charge is 0.0172 e. The highest BCUT2D eigenvalue weighted by Gasteiger charge is 2.07. The molecular formula is C64H72. The molecular weight excluding hydrogens is 769 g/mol. The normalized spacial score (nSPS) is 11.3. The summed E-state index contributed by atoms with van der Waals surface area (Å²) >= 11 is 0. The van der Waals surface area contributed by atoms with E-state index in [-0.39, 0.29) is 0 Å². The van der Waals surface area contributed by atoms with Crippen LogP contribution in [0.4, 0.5) is 0 Å². The van der Waals surface area contributed by atoms with Crippen LogP contribution < -0.4 is 0 Å². The zero-order valence-corrected chi connectivity index (χ0v) is 39.6. The van der Waals surface area contributed by atoms with Crippen molar-refractivity contribution in [3.63, 3.8) is 0 Å². The maximum atomic E-state index is 4.00. The Bertz CT molecular complexity index is 2250. The Balaban J connectivity index is 0.00000136. The first-order valence-electron chi connectivity index (χ1n) is 22.0. The van der Waals surface area contributed by atoms with Crippen molar-refractivity contribution in [3.8, 4) is 71.9 Å². The van der Waals surface area contributed by atoms with Gasteiger partial charge in [-0.1, -0.05) is 208 Å². The maximum Gasteiger partial charge on any atom is -0.0172 e. The lowest BCUT2D eigenvalue weighted by molar-refractivity contribution is 0.874. The van der Waals surface area contributed by atoms with Gasteiger partial charge in [0.2, 0.25) is 0 Å². The number of benzene rings is 5. The van der Waals surface area contributed by atoms with Crippen molar-refractivity contribution in [1.29, 1.82) is 0 Å². The summed E-state index contributed by atoms with van der Waals surface area (Å²) in [5.74, 6) is 0. The molecule has 0 amide bonds. The lowest BCUT2D eigenvalue weighted by Crippen LogP contribution is -1.87. The molecule has 0 nitrogen and oxygen atoms in total.